The van der Waals surface area contributed by atoms with Crippen molar-refractivity contribution in [1.82, 2.24) is 15.0 Å². The van der Waals surface area contributed by atoms with Crippen molar-refractivity contribution in [2.75, 3.05) is 6.54 Å². The molecule has 0 aliphatic heterocycles. The van der Waals surface area contributed by atoms with Gasteiger partial charge in [-0.2, -0.15) is 0 Å². The summed E-state index contributed by atoms with van der Waals surface area (Å²) >= 11 is 0. The zero-order chi connectivity index (χ0) is 22.1. The van der Waals surface area contributed by atoms with E-state index in [1.165, 1.54) is 6.07 Å². The lowest BCUT2D eigenvalue weighted by Gasteiger charge is -2.15. The first kappa shape index (κ1) is 20.0. The lowest BCUT2D eigenvalue weighted by molar-refractivity contribution is -0.135. The van der Waals surface area contributed by atoms with Gasteiger partial charge in [0.1, 0.15) is 12.3 Å². The van der Waals surface area contributed by atoms with Crippen molar-refractivity contribution in [2.24, 2.45) is 0 Å². The number of para-hydroxylation sites is 2. The Balaban J connectivity index is 1.77. The van der Waals surface area contributed by atoms with Crippen LogP contribution in [0.25, 0.3) is 21.8 Å². The van der Waals surface area contributed by atoms with Crippen molar-refractivity contribution in [3.05, 3.63) is 75.7 Å². The van der Waals surface area contributed by atoms with E-state index in [9.17, 15) is 19.5 Å². The molecule has 2 aromatic heterocycles. The number of aromatic nitrogens is 2. The second-order valence-corrected chi connectivity index (χ2v) is 6.96. The standard InChI is InChI=1S/C22H19N3O6/c1-12-13-6-2-4-8-15(13)24-16(12)11-31-25-17-9-5-3-7-14(17)20(28)19(22(25)30)21(29)23-10-18(26)27/h2-9,24,28H,10-11H2,1H3,(H,23,29)(H,26,27). The Kier molecular flexibility index (Phi) is 5.08. The van der Waals surface area contributed by atoms with Gasteiger partial charge in [-0.05, 0) is 30.7 Å². The molecule has 0 spiro atoms. The maximum Gasteiger partial charge on any atom is 0.322 e. The van der Waals surface area contributed by atoms with E-state index in [4.69, 9.17) is 9.94 Å². The van der Waals surface area contributed by atoms with E-state index in [1.807, 2.05) is 31.2 Å². The first-order valence-electron chi connectivity index (χ1n) is 9.44. The summed E-state index contributed by atoms with van der Waals surface area (Å²) in [5, 5.41) is 22.7. The van der Waals surface area contributed by atoms with Gasteiger partial charge in [0.2, 0.25) is 0 Å². The summed E-state index contributed by atoms with van der Waals surface area (Å²) in [4.78, 5) is 45.2. The number of aromatic hydroxyl groups is 1. The SMILES string of the molecule is Cc1c(COn2c(=O)c(C(=O)NCC(=O)O)c(O)c3ccccc32)[nH]c2ccccc12. The summed E-state index contributed by atoms with van der Waals surface area (Å²) in [7, 11) is 0. The molecule has 0 radical (unpaired) electrons. The van der Waals surface area contributed by atoms with E-state index in [-0.39, 0.29) is 17.5 Å². The van der Waals surface area contributed by atoms with Crippen LogP contribution in [-0.2, 0) is 11.4 Å². The Morgan fingerprint density at radius 2 is 1.77 bits per heavy atom. The van der Waals surface area contributed by atoms with Gasteiger partial charge < -0.3 is 25.4 Å². The molecule has 4 N–H and O–H groups in total. The van der Waals surface area contributed by atoms with Gasteiger partial charge in [-0.1, -0.05) is 30.3 Å². The highest BCUT2D eigenvalue weighted by Crippen LogP contribution is 2.26. The normalized spacial score (nSPS) is 11.0. The van der Waals surface area contributed by atoms with Gasteiger partial charge in [-0.3, -0.25) is 14.4 Å². The fourth-order valence-corrected chi connectivity index (χ4v) is 3.49. The van der Waals surface area contributed by atoms with Gasteiger partial charge in [0.25, 0.3) is 11.5 Å². The molecule has 0 atom stereocenters. The predicted octanol–water partition coefficient (Wildman–Crippen LogP) is 1.94. The number of carboxylic acid groups (broad SMARTS) is 1. The van der Waals surface area contributed by atoms with Crippen molar-refractivity contribution in [3.63, 3.8) is 0 Å². The molecule has 4 rings (SSSR count). The highest BCUT2D eigenvalue weighted by atomic mass is 16.7. The van der Waals surface area contributed by atoms with Crippen LogP contribution >= 0.6 is 0 Å². The number of benzene rings is 2. The number of carboxylic acids is 1. The Hall–Kier alpha value is -4.27. The Bertz CT molecular complexity index is 1390. The monoisotopic (exact) mass is 421 g/mol. The molecule has 1 amide bonds. The van der Waals surface area contributed by atoms with Crippen molar-refractivity contribution in [1.29, 1.82) is 0 Å². The smallest absolute Gasteiger partial charge is 0.322 e. The number of hydrogen-bond acceptors (Lipinski definition) is 5. The number of aromatic amines is 1. The number of aryl methyl sites for hydroxylation is 1. The number of amides is 1. The molecule has 0 aliphatic rings. The van der Waals surface area contributed by atoms with Crippen LogP contribution in [0, 0.1) is 6.92 Å². The van der Waals surface area contributed by atoms with Crippen molar-refractivity contribution in [3.8, 4) is 5.75 Å². The number of nitrogens with zero attached hydrogens (tertiary/aromatic N) is 1. The highest BCUT2D eigenvalue weighted by Gasteiger charge is 2.23. The zero-order valence-electron chi connectivity index (χ0n) is 16.5. The molecule has 2 heterocycles. The minimum atomic E-state index is -1.28. The predicted molar refractivity (Wildman–Crippen MR) is 113 cm³/mol. The number of hydrogen-bond donors (Lipinski definition) is 4. The van der Waals surface area contributed by atoms with E-state index < -0.39 is 35.3 Å². The van der Waals surface area contributed by atoms with Crippen LogP contribution in [-0.4, -0.2) is 38.3 Å². The van der Waals surface area contributed by atoms with Crippen LogP contribution in [0.15, 0.2) is 53.3 Å². The van der Waals surface area contributed by atoms with Crippen molar-refractivity contribution in [2.45, 2.75) is 13.5 Å². The molecular formula is C22H19N3O6. The Morgan fingerprint density at radius 3 is 2.48 bits per heavy atom. The number of pyridine rings is 1. The number of carbonyl (C=O) groups excluding carboxylic acids is 1. The molecule has 31 heavy (non-hydrogen) atoms. The molecule has 0 saturated carbocycles. The largest absolute Gasteiger partial charge is 0.506 e. The van der Waals surface area contributed by atoms with Crippen LogP contribution in [0.4, 0.5) is 0 Å². The number of nitrogens with one attached hydrogen (secondary N) is 2. The Morgan fingerprint density at radius 1 is 1.10 bits per heavy atom. The summed E-state index contributed by atoms with van der Waals surface area (Å²) in [6.07, 6.45) is 0. The average molecular weight is 421 g/mol. The lowest BCUT2D eigenvalue weighted by atomic mass is 10.1. The van der Waals surface area contributed by atoms with E-state index in [0.717, 1.165) is 26.9 Å². The number of aliphatic carboxylic acids is 1. The summed E-state index contributed by atoms with van der Waals surface area (Å²) < 4.78 is 0.940. The van der Waals surface area contributed by atoms with Crippen molar-refractivity contribution >= 4 is 33.7 Å². The van der Waals surface area contributed by atoms with Crippen LogP contribution in [0.2, 0.25) is 0 Å². The molecule has 0 fully saturated rings. The van der Waals surface area contributed by atoms with Gasteiger partial charge in [0, 0.05) is 16.3 Å². The molecule has 4 aromatic rings. The number of carbonyl (C=O) groups is 2. The van der Waals surface area contributed by atoms with Crippen LogP contribution in [0.1, 0.15) is 21.6 Å². The molecular weight excluding hydrogens is 402 g/mol. The summed E-state index contributed by atoms with van der Waals surface area (Å²) in [5.74, 6) is -2.82. The topological polar surface area (TPSA) is 134 Å². The van der Waals surface area contributed by atoms with Crippen LogP contribution in [0.3, 0.4) is 0 Å². The van der Waals surface area contributed by atoms with Gasteiger partial charge >= 0.3 is 5.97 Å². The third kappa shape index (κ3) is 3.57. The maximum atomic E-state index is 13.0. The number of H-pyrrole nitrogens is 1. The molecule has 9 nitrogen and oxygen atoms in total. The molecule has 2 aromatic carbocycles. The summed E-state index contributed by atoms with van der Waals surface area (Å²) in [6.45, 7) is 1.24. The summed E-state index contributed by atoms with van der Waals surface area (Å²) in [6, 6.07) is 14.1. The van der Waals surface area contributed by atoms with E-state index >= 15 is 0 Å². The lowest BCUT2D eigenvalue weighted by Crippen LogP contribution is -2.37. The minimum Gasteiger partial charge on any atom is -0.506 e. The third-order valence-electron chi connectivity index (χ3n) is 5.05. The van der Waals surface area contributed by atoms with E-state index in [2.05, 4.69) is 10.3 Å². The number of rotatable bonds is 6. The molecule has 0 aliphatic carbocycles. The van der Waals surface area contributed by atoms with Crippen LogP contribution < -0.4 is 15.7 Å². The average Bonchev–Trinajstić information content (AvgIpc) is 3.08. The fourth-order valence-electron chi connectivity index (χ4n) is 3.49. The first-order chi connectivity index (χ1) is 14.9. The fraction of sp³-hybridized carbons (Fsp3) is 0.136. The van der Waals surface area contributed by atoms with Crippen molar-refractivity contribution < 1.29 is 24.6 Å². The van der Waals surface area contributed by atoms with Gasteiger partial charge in [-0.15, -0.1) is 4.73 Å². The molecule has 0 unspecified atom stereocenters. The Labute approximate surface area is 175 Å². The number of fused-ring (bicyclic) bond motifs is 2. The second-order valence-electron chi connectivity index (χ2n) is 6.96. The highest BCUT2D eigenvalue weighted by molar-refractivity contribution is 6.03. The molecule has 0 saturated heterocycles. The molecule has 0 bridgehead atoms. The molecule has 158 valence electrons. The maximum absolute atomic E-state index is 13.0. The second kappa shape index (κ2) is 7.86. The molecule has 9 heteroatoms. The quantitative estimate of drug-likeness (QED) is 0.376. The van der Waals surface area contributed by atoms with E-state index in [1.54, 1.807) is 18.2 Å². The van der Waals surface area contributed by atoms with E-state index in [0.29, 0.717) is 0 Å². The van der Waals surface area contributed by atoms with Gasteiger partial charge in [-0.25, -0.2) is 0 Å². The van der Waals surface area contributed by atoms with Crippen LogP contribution in [0.5, 0.6) is 5.75 Å². The first-order valence-corrected chi connectivity index (χ1v) is 9.44. The van der Waals surface area contributed by atoms with Gasteiger partial charge in [0.05, 0.1) is 11.2 Å². The zero-order valence-corrected chi connectivity index (χ0v) is 16.5. The summed E-state index contributed by atoms with van der Waals surface area (Å²) in [5.41, 5.74) is 1.43. The minimum absolute atomic E-state index is 0.00533. The van der Waals surface area contributed by atoms with Gasteiger partial charge in [0.15, 0.2) is 12.2 Å². The third-order valence-corrected chi connectivity index (χ3v) is 5.05.